The molecule has 2 unspecified atom stereocenters. The molecule has 0 spiro atoms. The average molecular weight is 158 g/mol. The van der Waals surface area contributed by atoms with Gasteiger partial charge >= 0.3 is 0 Å². The summed E-state index contributed by atoms with van der Waals surface area (Å²) in [7, 11) is 1.64. The minimum absolute atomic E-state index is 0.213. The highest BCUT2D eigenvalue weighted by molar-refractivity contribution is 5.56. The van der Waals surface area contributed by atoms with Gasteiger partial charge in [0.25, 0.3) is 0 Å². The molecule has 0 aromatic rings. The Morgan fingerprint density at radius 2 is 2.55 bits per heavy atom. The van der Waals surface area contributed by atoms with Gasteiger partial charge in [-0.25, -0.2) is 0 Å². The highest BCUT2D eigenvalue weighted by Gasteiger charge is 2.35. The van der Waals surface area contributed by atoms with Crippen LogP contribution in [0.4, 0.5) is 0 Å². The Labute approximate surface area is 66.7 Å². The summed E-state index contributed by atoms with van der Waals surface area (Å²) in [5.41, 5.74) is -0.236. The van der Waals surface area contributed by atoms with Crippen molar-refractivity contribution in [2.75, 3.05) is 13.7 Å². The number of methoxy groups -OCH3 is 1. The van der Waals surface area contributed by atoms with E-state index in [1.165, 1.54) is 0 Å². The molecule has 0 bridgehead atoms. The fraction of sp³-hybridized carbons (Fsp3) is 0.875. The Bertz CT molecular complexity index is 146. The minimum Gasteiger partial charge on any atom is -0.382 e. The van der Waals surface area contributed by atoms with Gasteiger partial charge in [-0.3, -0.25) is 0 Å². The number of ether oxygens (including phenoxy) is 2. The lowest BCUT2D eigenvalue weighted by molar-refractivity contribution is -0.125. The number of rotatable bonds is 3. The van der Waals surface area contributed by atoms with Gasteiger partial charge in [-0.05, 0) is 19.8 Å². The largest absolute Gasteiger partial charge is 0.382 e. The van der Waals surface area contributed by atoms with Crippen LogP contribution in [0.25, 0.3) is 0 Å². The first-order valence-electron chi connectivity index (χ1n) is 3.82. The van der Waals surface area contributed by atoms with E-state index in [4.69, 9.17) is 9.47 Å². The quantitative estimate of drug-likeness (QED) is 0.569. The van der Waals surface area contributed by atoms with Crippen molar-refractivity contribution in [3.05, 3.63) is 0 Å². The van der Waals surface area contributed by atoms with Gasteiger partial charge in [0.15, 0.2) is 0 Å². The summed E-state index contributed by atoms with van der Waals surface area (Å²) in [6, 6.07) is 0. The molecule has 0 aromatic heterocycles. The maximum Gasteiger partial charge on any atom is 0.148 e. The molecule has 1 rings (SSSR count). The number of carbonyl (C=O) groups excluding carboxylic acids is 1. The van der Waals surface area contributed by atoms with Crippen LogP contribution in [0.15, 0.2) is 0 Å². The monoisotopic (exact) mass is 158 g/mol. The van der Waals surface area contributed by atoms with Crippen molar-refractivity contribution in [3.8, 4) is 0 Å². The molecule has 0 amide bonds. The van der Waals surface area contributed by atoms with E-state index in [-0.39, 0.29) is 11.7 Å². The summed E-state index contributed by atoms with van der Waals surface area (Å²) in [5, 5.41) is 0. The third-order valence-electron chi connectivity index (χ3n) is 2.00. The molecular weight excluding hydrogens is 144 g/mol. The lowest BCUT2D eigenvalue weighted by atomic mass is 10.0. The van der Waals surface area contributed by atoms with Crippen molar-refractivity contribution >= 4 is 6.29 Å². The maximum absolute atomic E-state index is 10.3. The molecule has 11 heavy (non-hydrogen) atoms. The number of carbonyl (C=O) groups is 1. The van der Waals surface area contributed by atoms with Crippen LogP contribution in [0.2, 0.25) is 0 Å². The molecule has 3 heteroatoms. The van der Waals surface area contributed by atoms with Crippen LogP contribution in [-0.2, 0) is 14.3 Å². The number of hydrogen-bond acceptors (Lipinski definition) is 3. The van der Waals surface area contributed by atoms with Crippen LogP contribution in [0.5, 0.6) is 0 Å². The van der Waals surface area contributed by atoms with Crippen LogP contribution in [0.1, 0.15) is 19.8 Å². The molecule has 64 valence electrons. The third kappa shape index (κ3) is 2.01. The average Bonchev–Trinajstić information content (AvgIpc) is 2.33. The van der Waals surface area contributed by atoms with Gasteiger partial charge in [0, 0.05) is 7.11 Å². The molecule has 3 nitrogen and oxygen atoms in total. The van der Waals surface area contributed by atoms with Crippen molar-refractivity contribution in [1.82, 2.24) is 0 Å². The zero-order valence-corrected chi connectivity index (χ0v) is 7.00. The molecule has 1 heterocycles. The Balaban J connectivity index is 2.43. The van der Waals surface area contributed by atoms with Crippen molar-refractivity contribution in [2.24, 2.45) is 0 Å². The first-order chi connectivity index (χ1) is 5.20. The van der Waals surface area contributed by atoms with E-state index in [9.17, 15) is 4.79 Å². The Hall–Kier alpha value is -0.410. The van der Waals surface area contributed by atoms with E-state index in [0.717, 1.165) is 19.1 Å². The molecule has 0 N–H and O–H groups in total. The SMILES string of the molecule is COCC1(C)CCC(C=O)O1. The normalized spacial score (nSPS) is 37.5. The van der Waals surface area contributed by atoms with Gasteiger partial charge in [0.05, 0.1) is 12.2 Å². The molecule has 0 aliphatic carbocycles. The second-order valence-electron chi connectivity index (χ2n) is 3.21. The molecule has 1 fully saturated rings. The van der Waals surface area contributed by atoms with Gasteiger partial charge in [0.2, 0.25) is 0 Å². The second-order valence-corrected chi connectivity index (χ2v) is 3.21. The van der Waals surface area contributed by atoms with Crippen LogP contribution >= 0.6 is 0 Å². The molecular formula is C8H14O3. The minimum atomic E-state index is -0.236. The fourth-order valence-corrected chi connectivity index (χ4v) is 1.44. The van der Waals surface area contributed by atoms with Crippen molar-refractivity contribution in [1.29, 1.82) is 0 Å². The van der Waals surface area contributed by atoms with E-state index in [0.29, 0.717) is 6.61 Å². The topological polar surface area (TPSA) is 35.5 Å². The summed E-state index contributed by atoms with van der Waals surface area (Å²) >= 11 is 0. The first-order valence-corrected chi connectivity index (χ1v) is 3.82. The van der Waals surface area contributed by atoms with Crippen LogP contribution in [-0.4, -0.2) is 31.7 Å². The van der Waals surface area contributed by atoms with E-state index < -0.39 is 0 Å². The van der Waals surface area contributed by atoms with E-state index in [2.05, 4.69) is 0 Å². The van der Waals surface area contributed by atoms with E-state index >= 15 is 0 Å². The number of hydrogen-bond donors (Lipinski definition) is 0. The lowest BCUT2D eigenvalue weighted by Gasteiger charge is -2.22. The lowest BCUT2D eigenvalue weighted by Crippen LogP contribution is -2.30. The van der Waals surface area contributed by atoms with Gasteiger partial charge < -0.3 is 14.3 Å². The standard InChI is InChI=1S/C8H14O3/c1-8(6-10-2)4-3-7(5-9)11-8/h5,7H,3-4,6H2,1-2H3. The fourth-order valence-electron chi connectivity index (χ4n) is 1.44. The molecule has 0 saturated carbocycles. The maximum atomic E-state index is 10.3. The summed E-state index contributed by atoms with van der Waals surface area (Å²) in [5.74, 6) is 0. The van der Waals surface area contributed by atoms with Crippen LogP contribution < -0.4 is 0 Å². The van der Waals surface area contributed by atoms with Crippen molar-refractivity contribution in [2.45, 2.75) is 31.5 Å². The van der Waals surface area contributed by atoms with Crippen molar-refractivity contribution in [3.63, 3.8) is 0 Å². The smallest absolute Gasteiger partial charge is 0.148 e. The van der Waals surface area contributed by atoms with Crippen LogP contribution in [0, 0.1) is 0 Å². The molecule has 0 radical (unpaired) electrons. The highest BCUT2D eigenvalue weighted by atomic mass is 16.6. The zero-order chi connectivity index (χ0) is 8.32. The zero-order valence-electron chi connectivity index (χ0n) is 7.00. The number of aldehydes is 1. The molecule has 0 aromatic carbocycles. The van der Waals surface area contributed by atoms with Gasteiger partial charge in [-0.15, -0.1) is 0 Å². The molecule has 1 aliphatic heterocycles. The molecule has 2 atom stereocenters. The van der Waals surface area contributed by atoms with E-state index in [1.54, 1.807) is 7.11 Å². The van der Waals surface area contributed by atoms with E-state index in [1.807, 2.05) is 6.92 Å². The first kappa shape index (κ1) is 8.68. The van der Waals surface area contributed by atoms with Crippen molar-refractivity contribution < 1.29 is 14.3 Å². The highest BCUT2D eigenvalue weighted by Crippen LogP contribution is 2.28. The van der Waals surface area contributed by atoms with Gasteiger partial charge in [0.1, 0.15) is 12.4 Å². The van der Waals surface area contributed by atoms with Gasteiger partial charge in [-0.1, -0.05) is 0 Å². The Kier molecular flexibility index (Phi) is 2.62. The Morgan fingerprint density at radius 3 is 3.00 bits per heavy atom. The van der Waals surface area contributed by atoms with Gasteiger partial charge in [-0.2, -0.15) is 0 Å². The predicted molar refractivity (Wildman–Crippen MR) is 40.5 cm³/mol. The third-order valence-corrected chi connectivity index (χ3v) is 2.00. The summed E-state index contributed by atoms with van der Waals surface area (Å²) < 4.78 is 10.4. The van der Waals surface area contributed by atoms with Crippen LogP contribution in [0.3, 0.4) is 0 Å². The molecule has 1 saturated heterocycles. The summed E-state index contributed by atoms with van der Waals surface area (Å²) in [4.78, 5) is 10.3. The predicted octanol–water partition coefficient (Wildman–Crippen LogP) is 0.769. The molecule has 1 aliphatic rings. The second kappa shape index (κ2) is 3.32. The summed E-state index contributed by atoms with van der Waals surface area (Å²) in [6.45, 7) is 2.54. The summed E-state index contributed by atoms with van der Waals surface area (Å²) in [6.07, 6.45) is 2.38. The Morgan fingerprint density at radius 1 is 1.82 bits per heavy atom.